The number of aliphatic hydroxyl groups is 1. The lowest BCUT2D eigenvalue weighted by atomic mass is 9.98. The van der Waals surface area contributed by atoms with Crippen molar-refractivity contribution in [1.82, 2.24) is 10.2 Å². The molecular weight excluding hydrogens is 320 g/mol. The van der Waals surface area contributed by atoms with E-state index in [0.29, 0.717) is 29.2 Å². The van der Waals surface area contributed by atoms with Crippen molar-refractivity contribution in [3.05, 3.63) is 77.7 Å². The SMILES string of the molecule is CC(Cc1nnc(SCC(O)c2ccccc2)o1)c1ccccc1. The summed E-state index contributed by atoms with van der Waals surface area (Å²) in [5.41, 5.74) is 2.15. The molecule has 1 heterocycles. The minimum Gasteiger partial charge on any atom is -0.416 e. The Hall–Kier alpha value is -2.11. The first kappa shape index (κ1) is 16.7. The number of nitrogens with zero attached hydrogens (tertiary/aromatic N) is 2. The lowest BCUT2D eigenvalue weighted by molar-refractivity contribution is 0.203. The van der Waals surface area contributed by atoms with E-state index >= 15 is 0 Å². The predicted octanol–water partition coefficient (Wildman–Crippen LogP) is 4.24. The molecule has 4 nitrogen and oxygen atoms in total. The third-order valence-electron chi connectivity index (χ3n) is 3.85. The van der Waals surface area contributed by atoms with Gasteiger partial charge in [-0.2, -0.15) is 0 Å². The minimum atomic E-state index is -0.546. The summed E-state index contributed by atoms with van der Waals surface area (Å²) < 4.78 is 5.69. The van der Waals surface area contributed by atoms with E-state index in [1.807, 2.05) is 48.5 Å². The molecule has 0 fully saturated rings. The summed E-state index contributed by atoms with van der Waals surface area (Å²) in [6.07, 6.45) is 0.161. The number of benzene rings is 2. The number of hydrogen-bond acceptors (Lipinski definition) is 5. The van der Waals surface area contributed by atoms with Gasteiger partial charge in [-0.05, 0) is 17.0 Å². The summed E-state index contributed by atoms with van der Waals surface area (Å²) >= 11 is 1.38. The van der Waals surface area contributed by atoms with Gasteiger partial charge in [0.2, 0.25) is 5.89 Å². The van der Waals surface area contributed by atoms with Gasteiger partial charge < -0.3 is 9.52 Å². The molecular formula is C19H20N2O2S. The predicted molar refractivity (Wildman–Crippen MR) is 95.0 cm³/mol. The minimum absolute atomic E-state index is 0.319. The highest BCUT2D eigenvalue weighted by molar-refractivity contribution is 7.99. The molecule has 0 bridgehead atoms. The van der Waals surface area contributed by atoms with Gasteiger partial charge in [0.25, 0.3) is 5.22 Å². The van der Waals surface area contributed by atoms with Crippen LogP contribution in [0.5, 0.6) is 0 Å². The molecule has 2 unspecified atom stereocenters. The van der Waals surface area contributed by atoms with E-state index < -0.39 is 6.10 Å². The monoisotopic (exact) mass is 340 g/mol. The van der Waals surface area contributed by atoms with Crippen LogP contribution in [-0.2, 0) is 6.42 Å². The van der Waals surface area contributed by atoms with Crippen molar-refractivity contribution in [2.75, 3.05) is 5.75 Å². The summed E-state index contributed by atoms with van der Waals surface area (Å²) in [5.74, 6) is 1.43. The molecule has 0 aliphatic rings. The second kappa shape index (κ2) is 8.13. The molecule has 1 N–H and O–H groups in total. The van der Waals surface area contributed by atoms with Crippen molar-refractivity contribution < 1.29 is 9.52 Å². The first-order valence-electron chi connectivity index (χ1n) is 7.95. The van der Waals surface area contributed by atoms with E-state index in [1.54, 1.807) is 0 Å². The molecule has 3 rings (SSSR count). The summed E-state index contributed by atoms with van der Waals surface area (Å²) in [4.78, 5) is 0. The molecule has 2 aromatic carbocycles. The van der Waals surface area contributed by atoms with Crippen molar-refractivity contribution in [1.29, 1.82) is 0 Å². The smallest absolute Gasteiger partial charge is 0.276 e. The number of aliphatic hydroxyl groups excluding tert-OH is 1. The number of thioether (sulfide) groups is 1. The molecule has 124 valence electrons. The van der Waals surface area contributed by atoms with Crippen LogP contribution in [0.1, 0.15) is 36.0 Å². The average Bonchev–Trinajstić information content (AvgIpc) is 3.08. The molecule has 2 atom stereocenters. The van der Waals surface area contributed by atoms with Gasteiger partial charge >= 0.3 is 0 Å². The van der Waals surface area contributed by atoms with Gasteiger partial charge in [0.1, 0.15) is 0 Å². The number of hydrogen-bond donors (Lipinski definition) is 1. The molecule has 24 heavy (non-hydrogen) atoms. The summed E-state index contributed by atoms with van der Waals surface area (Å²) in [6, 6.07) is 19.9. The third kappa shape index (κ3) is 4.46. The standard InChI is InChI=1S/C19H20N2O2S/c1-14(15-8-4-2-5-9-15)12-18-20-21-19(23-18)24-13-17(22)16-10-6-3-7-11-16/h2-11,14,17,22H,12-13H2,1H3. The fraction of sp³-hybridized carbons (Fsp3) is 0.263. The maximum atomic E-state index is 10.2. The Bertz CT molecular complexity index is 746. The van der Waals surface area contributed by atoms with E-state index in [-0.39, 0.29) is 0 Å². The second-order valence-electron chi connectivity index (χ2n) is 5.72. The maximum Gasteiger partial charge on any atom is 0.276 e. The van der Waals surface area contributed by atoms with Gasteiger partial charge in [0, 0.05) is 12.2 Å². The van der Waals surface area contributed by atoms with Crippen molar-refractivity contribution >= 4 is 11.8 Å². The fourth-order valence-corrected chi connectivity index (χ4v) is 3.21. The first-order valence-corrected chi connectivity index (χ1v) is 8.94. The quantitative estimate of drug-likeness (QED) is 0.652. The Morgan fingerprint density at radius 3 is 2.25 bits per heavy atom. The van der Waals surface area contributed by atoms with Crippen LogP contribution in [0.4, 0.5) is 0 Å². The van der Waals surface area contributed by atoms with Crippen molar-refractivity contribution in [2.24, 2.45) is 0 Å². The topological polar surface area (TPSA) is 59.2 Å². The third-order valence-corrected chi connectivity index (χ3v) is 4.74. The molecule has 1 aromatic heterocycles. The number of rotatable bonds is 7. The van der Waals surface area contributed by atoms with Crippen LogP contribution in [0, 0.1) is 0 Å². The highest BCUT2D eigenvalue weighted by Gasteiger charge is 2.14. The molecule has 0 radical (unpaired) electrons. The van der Waals surface area contributed by atoms with E-state index in [0.717, 1.165) is 5.56 Å². The van der Waals surface area contributed by atoms with Crippen LogP contribution in [0.25, 0.3) is 0 Å². The van der Waals surface area contributed by atoms with Gasteiger partial charge in [-0.3, -0.25) is 0 Å². The zero-order valence-electron chi connectivity index (χ0n) is 13.5. The van der Waals surface area contributed by atoms with Crippen LogP contribution in [-0.4, -0.2) is 21.1 Å². The van der Waals surface area contributed by atoms with E-state index in [2.05, 4.69) is 29.3 Å². The number of aromatic nitrogens is 2. The Kier molecular flexibility index (Phi) is 5.67. The van der Waals surface area contributed by atoms with Gasteiger partial charge in [-0.15, -0.1) is 10.2 Å². The highest BCUT2D eigenvalue weighted by atomic mass is 32.2. The largest absolute Gasteiger partial charge is 0.416 e. The lowest BCUT2D eigenvalue weighted by Crippen LogP contribution is -1.99. The normalized spacial score (nSPS) is 13.6. The zero-order valence-corrected chi connectivity index (χ0v) is 14.3. The molecule has 3 aromatic rings. The van der Waals surface area contributed by atoms with Crippen molar-refractivity contribution in [3.63, 3.8) is 0 Å². The Labute approximate surface area is 145 Å². The Morgan fingerprint density at radius 1 is 0.958 bits per heavy atom. The molecule has 0 saturated heterocycles. The second-order valence-corrected chi connectivity index (χ2v) is 6.69. The fourth-order valence-electron chi connectivity index (χ4n) is 2.46. The maximum absolute atomic E-state index is 10.2. The van der Waals surface area contributed by atoms with Crippen LogP contribution in [0.3, 0.4) is 0 Å². The van der Waals surface area contributed by atoms with Crippen molar-refractivity contribution in [2.45, 2.75) is 30.6 Å². The van der Waals surface area contributed by atoms with E-state index in [9.17, 15) is 5.11 Å². The average molecular weight is 340 g/mol. The van der Waals surface area contributed by atoms with E-state index in [1.165, 1.54) is 17.3 Å². The molecule has 0 spiro atoms. The van der Waals surface area contributed by atoms with Crippen LogP contribution >= 0.6 is 11.8 Å². The molecule has 5 heteroatoms. The van der Waals surface area contributed by atoms with Gasteiger partial charge in [0.05, 0.1) is 6.10 Å². The van der Waals surface area contributed by atoms with Crippen LogP contribution < -0.4 is 0 Å². The lowest BCUT2D eigenvalue weighted by Gasteiger charge is -2.09. The highest BCUT2D eigenvalue weighted by Crippen LogP contribution is 2.25. The van der Waals surface area contributed by atoms with Gasteiger partial charge in [-0.1, -0.05) is 79.3 Å². The molecule has 0 saturated carbocycles. The molecule has 0 aliphatic heterocycles. The van der Waals surface area contributed by atoms with Crippen LogP contribution in [0.2, 0.25) is 0 Å². The Morgan fingerprint density at radius 2 is 1.58 bits per heavy atom. The van der Waals surface area contributed by atoms with E-state index in [4.69, 9.17) is 4.42 Å². The zero-order chi connectivity index (χ0) is 16.8. The van der Waals surface area contributed by atoms with Crippen LogP contribution in [0.15, 0.2) is 70.3 Å². The Balaban J connectivity index is 1.54. The molecule has 0 amide bonds. The van der Waals surface area contributed by atoms with Crippen molar-refractivity contribution in [3.8, 4) is 0 Å². The summed E-state index contributed by atoms with van der Waals surface area (Å²) in [7, 11) is 0. The van der Waals surface area contributed by atoms with Gasteiger partial charge in [-0.25, -0.2) is 0 Å². The molecule has 0 aliphatic carbocycles. The summed E-state index contributed by atoms with van der Waals surface area (Å²) in [6.45, 7) is 2.14. The first-order chi connectivity index (χ1) is 11.7. The summed E-state index contributed by atoms with van der Waals surface area (Å²) in [5, 5.41) is 18.8. The van der Waals surface area contributed by atoms with Gasteiger partial charge in [0.15, 0.2) is 0 Å².